The van der Waals surface area contributed by atoms with Gasteiger partial charge < -0.3 is 10.0 Å². The summed E-state index contributed by atoms with van der Waals surface area (Å²) in [4.78, 5) is 10.7. The number of piperazine rings is 1. The average Bonchev–Trinajstić information content (AvgIpc) is 2.83. The molecule has 1 fully saturated rings. The Morgan fingerprint density at radius 2 is 1.81 bits per heavy atom. The minimum Gasteiger partial charge on any atom is -0.391 e. The molecule has 120 valence electrons. The van der Waals surface area contributed by atoms with Crippen molar-refractivity contribution in [1.29, 1.82) is 0 Å². The van der Waals surface area contributed by atoms with Crippen molar-refractivity contribution in [3.8, 4) is 0 Å². The van der Waals surface area contributed by atoms with Crippen LogP contribution in [0.4, 0.5) is 5.13 Å². The summed E-state index contributed by atoms with van der Waals surface area (Å²) < 4.78 is 0. The van der Waals surface area contributed by atoms with Gasteiger partial charge in [-0.25, -0.2) is 4.98 Å². The highest BCUT2D eigenvalue weighted by molar-refractivity contribution is 7.15. The van der Waals surface area contributed by atoms with E-state index in [0.717, 1.165) is 47.8 Å². The van der Waals surface area contributed by atoms with Crippen LogP contribution in [-0.2, 0) is 12.0 Å². The Kier molecular flexibility index (Phi) is 5.28. The first-order chi connectivity index (χ1) is 9.81. The standard InChI is InChI=1S/C16H29N3OS/c1-12(2)10-18-6-8-19(9-7-18)15-17-14(16(3,4)5)13(11-20)21-15/h12,20H,6-11H2,1-5H3. The van der Waals surface area contributed by atoms with Gasteiger partial charge in [0.25, 0.3) is 0 Å². The first-order valence-corrected chi connectivity index (χ1v) is 8.71. The van der Waals surface area contributed by atoms with Crippen molar-refractivity contribution < 1.29 is 5.11 Å². The van der Waals surface area contributed by atoms with Crippen LogP contribution in [0.25, 0.3) is 0 Å². The van der Waals surface area contributed by atoms with Crippen LogP contribution in [0.5, 0.6) is 0 Å². The van der Waals surface area contributed by atoms with E-state index in [1.165, 1.54) is 6.54 Å². The van der Waals surface area contributed by atoms with Crippen LogP contribution >= 0.6 is 11.3 Å². The lowest BCUT2D eigenvalue weighted by Gasteiger charge is -2.35. The predicted octanol–water partition coefficient (Wildman–Crippen LogP) is 2.71. The summed E-state index contributed by atoms with van der Waals surface area (Å²) in [5.41, 5.74) is 1.04. The Bertz CT molecular complexity index is 457. The number of aliphatic hydroxyl groups excluding tert-OH is 1. The minimum atomic E-state index is -0.00766. The quantitative estimate of drug-likeness (QED) is 0.928. The molecule has 0 bridgehead atoms. The third kappa shape index (κ3) is 4.18. The van der Waals surface area contributed by atoms with E-state index in [1.807, 2.05) is 0 Å². The molecule has 1 aliphatic heterocycles. The summed E-state index contributed by atoms with van der Waals surface area (Å²) in [6.45, 7) is 16.6. The SMILES string of the molecule is CC(C)CN1CCN(c2nc(C(C)(C)C)c(CO)s2)CC1. The van der Waals surface area contributed by atoms with Gasteiger partial charge in [-0.15, -0.1) is 0 Å². The topological polar surface area (TPSA) is 39.6 Å². The highest BCUT2D eigenvalue weighted by Gasteiger charge is 2.26. The van der Waals surface area contributed by atoms with Crippen molar-refractivity contribution in [3.63, 3.8) is 0 Å². The molecule has 1 aromatic rings. The van der Waals surface area contributed by atoms with E-state index in [4.69, 9.17) is 4.98 Å². The van der Waals surface area contributed by atoms with Crippen LogP contribution in [0.1, 0.15) is 45.2 Å². The fourth-order valence-corrected chi connectivity index (χ4v) is 3.99. The maximum absolute atomic E-state index is 9.58. The van der Waals surface area contributed by atoms with Gasteiger partial charge in [0, 0.05) is 38.1 Å². The van der Waals surface area contributed by atoms with Gasteiger partial charge in [-0.3, -0.25) is 4.90 Å². The zero-order valence-corrected chi connectivity index (χ0v) is 14.8. The second-order valence-corrected chi connectivity index (χ2v) is 8.42. The molecule has 0 aromatic carbocycles. The molecule has 5 heteroatoms. The third-order valence-corrected chi connectivity index (χ3v) is 4.91. The van der Waals surface area contributed by atoms with Gasteiger partial charge >= 0.3 is 0 Å². The molecule has 0 amide bonds. The molecular formula is C16H29N3OS. The number of thiazole rings is 1. The molecule has 0 unspecified atom stereocenters. The normalized spacial score (nSPS) is 17.8. The van der Waals surface area contributed by atoms with Gasteiger partial charge in [0.2, 0.25) is 0 Å². The monoisotopic (exact) mass is 311 g/mol. The van der Waals surface area contributed by atoms with E-state index in [1.54, 1.807) is 11.3 Å². The van der Waals surface area contributed by atoms with Gasteiger partial charge in [0.05, 0.1) is 17.2 Å². The van der Waals surface area contributed by atoms with E-state index >= 15 is 0 Å². The summed E-state index contributed by atoms with van der Waals surface area (Å²) >= 11 is 1.65. The van der Waals surface area contributed by atoms with Crippen molar-refractivity contribution >= 4 is 16.5 Å². The van der Waals surface area contributed by atoms with Crippen LogP contribution in [-0.4, -0.2) is 47.7 Å². The van der Waals surface area contributed by atoms with Crippen LogP contribution in [0.2, 0.25) is 0 Å². The molecule has 2 heterocycles. The Labute approximate surface area is 132 Å². The molecule has 21 heavy (non-hydrogen) atoms. The number of rotatable bonds is 4. The number of hydrogen-bond acceptors (Lipinski definition) is 5. The Morgan fingerprint density at radius 1 is 1.19 bits per heavy atom. The number of anilines is 1. The number of nitrogens with zero attached hydrogens (tertiary/aromatic N) is 3. The van der Waals surface area contributed by atoms with Gasteiger partial charge in [0.15, 0.2) is 5.13 Å². The van der Waals surface area contributed by atoms with Crippen LogP contribution < -0.4 is 4.90 Å². The summed E-state index contributed by atoms with van der Waals surface area (Å²) in [6, 6.07) is 0. The minimum absolute atomic E-state index is 0.00766. The first kappa shape index (κ1) is 16.7. The smallest absolute Gasteiger partial charge is 0.185 e. The third-order valence-electron chi connectivity index (χ3n) is 3.81. The molecule has 0 atom stereocenters. The first-order valence-electron chi connectivity index (χ1n) is 7.89. The van der Waals surface area contributed by atoms with Gasteiger partial charge in [-0.1, -0.05) is 46.0 Å². The maximum atomic E-state index is 9.58. The molecule has 1 N–H and O–H groups in total. The van der Waals surface area contributed by atoms with Gasteiger partial charge in [-0.05, 0) is 5.92 Å². The van der Waals surface area contributed by atoms with Crippen molar-refractivity contribution in [2.75, 3.05) is 37.6 Å². The van der Waals surface area contributed by atoms with Crippen LogP contribution in [0.3, 0.4) is 0 Å². The Balaban J connectivity index is 2.05. The maximum Gasteiger partial charge on any atom is 0.185 e. The summed E-state index contributed by atoms with van der Waals surface area (Å²) in [5, 5.41) is 10.7. The Morgan fingerprint density at radius 3 is 2.24 bits per heavy atom. The van der Waals surface area contributed by atoms with Crippen molar-refractivity contribution in [2.24, 2.45) is 5.92 Å². The van der Waals surface area contributed by atoms with Crippen molar-refractivity contribution in [3.05, 3.63) is 10.6 Å². The second-order valence-electron chi connectivity index (χ2n) is 7.36. The summed E-state index contributed by atoms with van der Waals surface area (Å²) in [6.07, 6.45) is 0. The summed E-state index contributed by atoms with van der Waals surface area (Å²) in [5.74, 6) is 0.727. The molecule has 1 saturated heterocycles. The van der Waals surface area contributed by atoms with Gasteiger partial charge in [-0.2, -0.15) is 0 Å². The van der Waals surface area contributed by atoms with Gasteiger partial charge in [0.1, 0.15) is 0 Å². The lowest BCUT2D eigenvalue weighted by Crippen LogP contribution is -2.47. The zero-order chi connectivity index (χ0) is 15.6. The molecule has 0 spiro atoms. The van der Waals surface area contributed by atoms with Crippen molar-refractivity contribution in [1.82, 2.24) is 9.88 Å². The highest BCUT2D eigenvalue weighted by Crippen LogP contribution is 2.34. The summed E-state index contributed by atoms with van der Waals surface area (Å²) in [7, 11) is 0. The molecule has 4 nitrogen and oxygen atoms in total. The molecule has 0 aliphatic carbocycles. The van der Waals surface area contributed by atoms with E-state index in [0.29, 0.717) is 0 Å². The largest absolute Gasteiger partial charge is 0.391 e. The Hall–Kier alpha value is -0.650. The van der Waals surface area contributed by atoms with E-state index in [-0.39, 0.29) is 12.0 Å². The lowest BCUT2D eigenvalue weighted by atomic mass is 9.91. The van der Waals surface area contributed by atoms with Crippen LogP contribution in [0, 0.1) is 5.92 Å². The van der Waals surface area contributed by atoms with Crippen molar-refractivity contribution in [2.45, 2.75) is 46.6 Å². The fourth-order valence-electron chi connectivity index (χ4n) is 2.81. The van der Waals surface area contributed by atoms with E-state index < -0.39 is 0 Å². The molecule has 0 saturated carbocycles. The zero-order valence-electron chi connectivity index (χ0n) is 14.0. The average molecular weight is 311 g/mol. The highest BCUT2D eigenvalue weighted by atomic mass is 32.1. The second kappa shape index (κ2) is 6.63. The molecular weight excluding hydrogens is 282 g/mol. The molecule has 1 aromatic heterocycles. The number of aromatic nitrogens is 1. The molecule has 2 rings (SSSR count). The lowest BCUT2D eigenvalue weighted by molar-refractivity contribution is 0.231. The number of hydrogen-bond donors (Lipinski definition) is 1. The van der Waals surface area contributed by atoms with Crippen LogP contribution in [0.15, 0.2) is 0 Å². The van der Waals surface area contributed by atoms with E-state index in [9.17, 15) is 5.11 Å². The predicted molar refractivity (Wildman–Crippen MR) is 90.2 cm³/mol. The molecule has 1 aliphatic rings. The fraction of sp³-hybridized carbons (Fsp3) is 0.812. The van der Waals surface area contributed by atoms with E-state index in [2.05, 4.69) is 44.4 Å². The molecule has 0 radical (unpaired) electrons. The number of aliphatic hydroxyl groups is 1.